The molecule has 0 amide bonds. The molecule has 0 unspecified atom stereocenters. The molecule has 4 heteroatoms. The van der Waals surface area contributed by atoms with Gasteiger partial charge in [-0.2, -0.15) is 0 Å². The summed E-state index contributed by atoms with van der Waals surface area (Å²) in [4.78, 5) is 15.2. The molecule has 0 aliphatic carbocycles. The average molecular weight is 728 g/mol. The third kappa shape index (κ3) is 5.92. The number of hydrogen-bond acceptors (Lipinski definition) is 4. The molecule has 266 valence electrons. The Morgan fingerprint density at radius 2 is 0.825 bits per heavy atom. The predicted molar refractivity (Wildman–Crippen MR) is 235 cm³/mol. The zero-order chi connectivity index (χ0) is 37.7. The molecule has 11 rings (SSSR count). The zero-order valence-corrected chi connectivity index (χ0v) is 30.8. The summed E-state index contributed by atoms with van der Waals surface area (Å²) in [6.07, 6.45) is 0. The lowest BCUT2D eigenvalue weighted by Crippen LogP contribution is -2.00. The van der Waals surface area contributed by atoms with Gasteiger partial charge in [0.25, 0.3) is 0 Å². The number of nitrogens with zero attached hydrogens (tertiary/aromatic N) is 3. The lowest BCUT2D eigenvalue weighted by molar-refractivity contribution is 0.669. The molecule has 0 bridgehead atoms. The fraction of sp³-hybridized carbons (Fsp3) is 0. The van der Waals surface area contributed by atoms with Crippen LogP contribution in [0.2, 0.25) is 0 Å². The summed E-state index contributed by atoms with van der Waals surface area (Å²) >= 11 is 0. The fourth-order valence-corrected chi connectivity index (χ4v) is 8.04. The van der Waals surface area contributed by atoms with E-state index in [9.17, 15) is 0 Å². The number of furan rings is 1. The van der Waals surface area contributed by atoms with Gasteiger partial charge < -0.3 is 4.42 Å². The summed E-state index contributed by atoms with van der Waals surface area (Å²) in [7, 11) is 0. The third-order valence-corrected chi connectivity index (χ3v) is 10.9. The molecule has 0 N–H and O–H groups in total. The van der Waals surface area contributed by atoms with Crippen molar-refractivity contribution in [1.29, 1.82) is 0 Å². The molecule has 0 fully saturated rings. The van der Waals surface area contributed by atoms with E-state index in [0.717, 1.165) is 60.7 Å². The summed E-state index contributed by atoms with van der Waals surface area (Å²) in [6.45, 7) is 0. The van der Waals surface area contributed by atoms with Crippen molar-refractivity contribution in [3.8, 4) is 67.5 Å². The molecule has 0 radical (unpaired) electrons. The van der Waals surface area contributed by atoms with E-state index in [1.54, 1.807) is 0 Å². The first-order valence-electron chi connectivity index (χ1n) is 19.2. The van der Waals surface area contributed by atoms with Gasteiger partial charge in [0.2, 0.25) is 0 Å². The van der Waals surface area contributed by atoms with Gasteiger partial charge in [-0.15, -0.1) is 0 Å². The van der Waals surface area contributed by atoms with E-state index < -0.39 is 0 Å². The van der Waals surface area contributed by atoms with Crippen LogP contribution in [0.25, 0.3) is 111 Å². The minimum atomic E-state index is 0.619. The highest BCUT2D eigenvalue weighted by Crippen LogP contribution is 2.39. The van der Waals surface area contributed by atoms with Gasteiger partial charge in [0.1, 0.15) is 11.2 Å². The van der Waals surface area contributed by atoms with Crippen LogP contribution in [0.15, 0.2) is 205 Å². The first-order valence-corrected chi connectivity index (χ1v) is 19.2. The Hall–Kier alpha value is -7.69. The Balaban J connectivity index is 0.972. The highest BCUT2D eigenvalue weighted by atomic mass is 16.3. The molecule has 0 saturated carbocycles. The highest BCUT2D eigenvalue weighted by molar-refractivity contribution is 6.13. The average Bonchev–Trinajstić information content (AvgIpc) is 3.67. The number of aromatic nitrogens is 3. The van der Waals surface area contributed by atoms with Crippen molar-refractivity contribution in [2.75, 3.05) is 0 Å². The summed E-state index contributed by atoms with van der Waals surface area (Å²) in [5.74, 6) is 1.88. The van der Waals surface area contributed by atoms with Crippen LogP contribution in [0.3, 0.4) is 0 Å². The van der Waals surface area contributed by atoms with E-state index in [0.29, 0.717) is 17.5 Å². The van der Waals surface area contributed by atoms with Crippen LogP contribution < -0.4 is 0 Å². The molecule has 2 heterocycles. The molecule has 0 atom stereocenters. The van der Waals surface area contributed by atoms with Gasteiger partial charge in [-0.3, -0.25) is 0 Å². The predicted octanol–water partition coefficient (Wildman–Crippen LogP) is 14.1. The number of benzene rings is 9. The van der Waals surface area contributed by atoms with Crippen molar-refractivity contribution in [3.63, 3.8) is 0 Å². The van der Waals surface area contributed by atoms with E-state index in [1.807, 2.05) is 12.1 Å². The second-order valence-corrected chi connectivity index (χ2v) is 14.4. The van der Waals surface area contributed by atoms with Gasteiger partial charge in [-0.05, 0) is 79.2 Å². The van der Waals surface area contributed by atoms with Crippen molar-refractivity contribution in [2.24, 2.45) is 0 Å². The largest absolute Gasteiger partial charge is 0.456 e. The van der Waals surface area contributed by atoms with Crippen molar-refractivity contribution in [1.82, 2.24) is 15.0 Å². The van der Waals surface area contributed by atoms with Crippen molar-refractivity contribution in [2.45, 2.75) is 0 Å². The monoisotopic (exact) mass is 727 g/mol. The van der Waals surface area contributed by atoms with E-state index in [4.69, 9.17) is 19.4 Å². The highest BCUT2D eigenvalue weighted by Gasteiger charge is 2.16. The third-order valence-electron chi connectivity index (χ3n) is 10.9. The molecular weight excluding hydrogens is 695 g/mol. The van der Waals surface area contributed by atoms with Crippen molar-refractivity contribution in [3.05, 3.63) is 200 Å². The summed E-state index contributed by atoms with van der Waals surface area (Å²) in [6, 6.07) is 69.9. The maximum atomic E-state index is 6.43. The van der Waals surface area contributed by atoms with Crippen molar-refractivity contribution >= 4 is 43.5 Å². The Kier molecular flexibility index (Phi) is 7.78. The molecule has 4 nitrogen and oxygen atoms in total. The summed E-state index contributed by atoms with van der Waals surface area (Å²) < 4.78 is 6.43. The maximum Gasteiger partial charge on any atom is 0.164 e. The molecule has 2 aromatic heterocycles. The number of rotatable bonds is 6. The molecule has 9 aromatic carbocycles. The number of hydrogen-bond donors (Lipinski definition) is 0. The molecule has 57 heavy (non-hydrogen) atoms. The van der Waals surface area contributed by atoms with Crippen LogP contribution in [0, 0.1) is 0 Å². The first-order chi connectivity index (χ1) is 28.2. The standard InChI is InChI=1S/C53H33N3O/c1-2-11-37(12-3-1)46-18-9-19-48-50(46)47-31-30-42(33-49(47)57-48)35-20-25-39(26-21-35)51-54-52(56-53(55-51)43-29-22-34-10-4-5-14-41(34)32-43)40-27-23-38(24-28-40)45-17-8-15-36-13-6-7-16-44(36)45/h1-33H. The van der Waals surface area contributed by atoms with Crippen LogP contribution in [0.5, 0.6) is 0 Å². The van der Waals surface area contributed by atoms with Crippen LogP contribution in [0.4, 0.5) is 0 Å². The Morgan fingerprint density at radius 3 is 1.60 bits per heavy atom. The quantitative estimate of drug-likeness (QED) is 0.171. The normalized spacial score (nSPS) is 11.5. The molecule has 11 aromatic rings. The Bertz CT molecular complexity index is 3270. The molecule has 0 spiro atoms. The minimum Gasteiger partial charge on any atom is -0.456 e. The molecule has 0 saturated heterocycles. The van der Waals surface area contributed by atoms with Crippen LogP contribution in [-0.2, 0) is 0 Å². The lowest BCUT2D eigenvalue weighted by Gasteiger charge is -2.11. The van der Waals surface area contributed by atoms with Crippen LogP contribution in [0.1, 0.15) is 0 Å². The molecular formula is C53H33N3O. The topological polar surface area (TPSA) is 51.8 Å². The first kappa shape index (κ1) is 32.7. The molecule has 0 aliphatic rings. The van der Waals surface area contributed by atoms with E-state index in [1.165, 1.54) is 32.8 Å². The van der Waals surface area contributed by atoms with Gasteiger partial charge >= 0.3 is 0 Å². The lowest BCUT2D eigenvalue weighted by atomic mass is 9.97. The van der Waals surface area contributed by atoms with Gasteiger partial charge in [-0.1, -0.05) is 176 Å². The number of fused-ring (bicyclic) bond motifs is 5. The van der Waals surface area contributed by atoms with Gasteiger partial charge in [0, 0.05) is 27.5 Å². The van der Waals surface area contributed by atoms with Gasteiger partial charge in [-0.25, -0.2) is 15.0 Å². The smallest absolute Gasteiger partial charge is 0.164 e. The Morgan fingerprint density at radius 1 is 0.281 bits per heavy atom. The van der Waals surface area contributed by atoms with Crippen LogP contribution in [-0.4, -0.2) is 15.0 Å². The van der Waals surface area contributed by atoms with Gasteiger partial charge in [0.05, 0.1) is 0 Å². The second-order valence-electron chi connectivity index (χ2n) is 14.4. The van der Waals surface area contributed by atoms with E-state index in [2.05, 4.69) is 188 Å². The Labute approximate surface area is 329 Å². The maximum absolute atomic E-state index is 6.43. The molecule has 0 aliphatic heterocycles. The van der Waals surface area contributed by atoms with Crippen LogP contribution >= 0.6 is 0 Å². The summed E-state index contributed by atoms with van der Waals surface area (Å²) in [5.41, 5.74) is 11.4. The zero-order valence-electron chi connectivity index (χ0n) is 30.8. The fourth-order valence-electron chi connectivity index (χ4n) is 8.04. The minimum absolute atomic E-state index is 0.619. The summed E-state index contributed by atoms with van der Waals surface area (Å²) in [5, 5.41) is 7.00. The van der Waals surface area contributed by atoms with Gasteiger partial charge in [0.15, 0.2) is 17.5 Å². The SMILES string of the molecule is c1ccc(-c2cccc3oc4cc(-c5ccc(-c6nc(-c7ccc(-c8cccc9ccccc89)cc7)nc(-c7ccc8ccccc8c7)n6)cc5)ccc4c23)cc1. The van der Waals surface area contributed by atoms with E-state index >= 15 is 0 Å². The van der Waals surface area contributed by atoms with E-state index in [-0.39, 0.29) is 0 Å². The van der Waals surface area contributed by atoms with Crippen molar-refractivity contribution < 1.29 is 4.42 Å². The second kappa shape index (κ2) is 13.6.